The van der Waals surface area contributed by atoms with E-state index in [2.05, 4.69) is 27.3 Å². The fourth-order valence-electron chi connectivity index (χ4n) is 2.40. The van der Waals surface area contributed by atoms with Crippen molar-refractivity contribution >= 4 is 15.9 Å². The van der Waals surface area contributed by atoms with Crippen LogP contribution in [0.4, 0.5) is 4.39 Å². The Bertz CT molecular complexity index is 630. The molecule has 21 heavy (non-hydrogen) atoms. The Morgan fingerprint density at radius 3 is 2.62 bits per heavy atom. The lowest BCUT2D eigenvalue weighted by Gasteiger charge is -2.20. The highest BCUT2D eigenvalue weighted by molar-refractivity contribution is 9.10. The van der Waals surface area contributed by atoms with Crippen LogP contribution in [0.5, 0.6) is 5.75 Å². The highest BCUT2D eigenvalue weighted by atomic mass is 79.9. The number of nitrogens with one attached hydrogen (secondary N) is 1. The second kappa shape index (κ2) is 7.05. The number of ether oxygens (including phenoxy) is 1. The molecule has 1 unspecified atom stereocenters. The van der Waals surface area contributed by atoms with Crippen molar-refractivity contribution in [1.29, 1.82) is 0 Å². The van der Waals surface area contributed by atoms with Crippen LogP contribution in [-0.4, -0.2) is 14.2 Å². The van der Waals surface area contributed by atoms with Gasteiger partial charge in [-0.25, -0.2) is 4.39 Å². The number of halogens is 2. The van der Waals surface area contributed by atoms with E-state index in [-0.39, 0.29) is 11.9 Å². The highest BCUT2D eigenvalue weighted by Crippen LogP contribution is 2.29. The van der Waals surface area contributed by atoms with Gasteiger partial charge in [-0.3, -0.25) is 0 Å². The van der Waals surface area contributed by atoms with E-state index in [9.17, 15) is 4.39 Å². The van der Waals surface area contributed by atoms with Gasteiger partial charge in [0.05, 0.1) is 7.11 Å². The Balaban J connectivity index is 2.34. The maximum atomic E-state index is 14.0. The van der Waals surface area contributed by atoms with Gasteiger partial charge in [0, 0.05) is 16.1 Å². The largest absolute Gasteiger partial charge is 0.496 e. The first kappa shape index (κ1) is 16.0. The molecule has 2 rings (SSSR count). The first-order chi connectivity index (χ1) is 10.0. The number of rotatable bonds is 5. The molecule has 1 N–H and O–H groups in total. The Hall–Kier alpha value is -1.39. The summed E-state index contributed by atoms with van der Waals surface area (Å²) in [6.45, 7) is 2.04. The quantitative estimate of drug-likeness (QED) is 0.861. The SMILES string of the molecule is CNC(Cc1ccc(Br)cc1F)c1cc(C)ccc1OC. The summed E-state index contributed by atoms with van der Waals surface area (Å²) in [7, 11) is 3.53. The minimum atomic E-state index is -0.198. The molecular formula is C17H19BrFNO. The molecule has 0 fully saturated rings. The van der Waals surface area contributed by atoms with E-state index < -0.39 is 0 Å². The predicted octanol–water partition coefficient (Wildman–Crippen LogP) is 4.41. The molecule has 0 aliphatic rings. The molecule has 2 nitrogen and oxygen atoms in total. The molecule has 0 saturated heterocycles. The number of benzene rings is 2. The molecule has 0 saturated carbocycles. The molecule has 112 valence electrons. The van der Waals surface area contributed by atoms with Gasteiger partial charge in [-0.1, -0.05) is 39.7 Å². The van der Waals surface area contributed by atoms with Crippen molar-refractivity contribution in [2.24, 2.45) is 0 Å². The Morgan fingerprint density at radius 2 is 2.00 bits per heavy atom. The van der Waals surface area contributed by atoms with E-state index in [0.29, 0.717) is 12.0 Å². The van der Waals surface area contributed by atoms with Crippen LogP contribution in [0.3, 0.4) is 0 Å². The Kier molecular flexibility index (Phi) is 5.37. The van der Waals surface area contributed by atoms with Crippen molar-refractivity contribution in [2.75, 3.05) is 14.2 Å². The van der Waals surface area contributed by atoms with Crippen LogP contribution in [0.15, 0.2) is 40.9 Å². The van der Waals surface area contributed by atoms with Crippen molar-refractivity contribution in [3.05, 3.63) is 63.4 Å². The monoisotopic (exact) mass is 351 g/mol. The molecule has 1 atom stereocenters. The van der Waals surface area contributed by atoms with Crippen LogP contribution in [0, 0.1) is 12.7 Å². The van der Waals surface area contributed by atoms with Gasteiger partial charge in [0.2, 0.25) is 0 Å². The maximum Gasteiger partial charge on any atom is 0.127 e. The molecule has 0 bridgehead atoms. The average Bonchev–Trinajstić information content (AvgIpc) is 2.46. The van der Waals surface area contributed by atoms with Gasteiger partial charge in [0.15, 0.2) is 0 Å². The molecule has 0 heterocycles. The Labute approximate surface area is 133 Å². The van der Waals surface area contributed by atoms with Crippen LogP contribution in [0.1, 0.15) is 22.7 Å². The minimum Gasteiger partial charge on any atom is -0.496 e. The first-order valence-electron chi connectivity index (χ1n) is 6.81. The second-order valence-corrected chi connectivity index (χ2v) is 5.94. The molecule has 0 spiro atoms. The normalized spacial score (nSPS) is 12.2. The third-order valence-electron chi connectivity index (χ3n) is 3.55. The van der Waals surface area contributed by atoms with Crippen molar-refractivity contribution < 1.29 is 9.13 Å². The van der Waals surface area contributed by atoms with E-state index in [1.165, 1.54) is 6.07 Å². The van der Waals surface area contributed by atoms with E-state index in [1.807, 2.05) is 38.2 Å². The molecule has 0 amide bonds. The van der Waals surface area contributed by atoms with Crippen LogP contribution < -0.4 is 10.1 Å². The second-order valence-electron chi connectivity index (χ2n) is 5.03. The average molecular weight is 352 g/mol. The molecule has 0 radical (unpaired) electrons. The van der Waals surface area contributed by atoms with Gasteiger partial charge >= 0.3 is 0 Å². The summed E-state index contributed by atoms with van der Waals surface area (Å²) in [5.74, 6) is 0.619. The standard InChI is InChI=1S/C17H19BrFNO/c1-11-4-7-17(21-3)14(8-11)16(20-2)9-12-5-6-13(18)10-15(12)19/h4-8,10,16,20H,9H2,1-3H3. The van der Waals surface area contributed by atoms with Gasteiger partial charge in [-0.2, -0.15) is 0 Å². The summed E-state index contributed by atoms with van der Waals surface area (Å²) in [6.07, 6.45) is 0.565. The molecule has 2 aromatic rings. The zero-order chi connectivity index (χ0) is 15.4. The third kappa shape index (κ3) is 3.83. The molecular weight excluding hydrogens is 333 g/mol. The predicted molar refractivity (Wildman–Crippen MR) is 87.3 cm³/mol. The smallest absolute Gasteiger partial charge is 0.127 e. The van der Waals surface area contributed by atoms with Crippen LogP contribution >= 0.6 is 15.9 Å². The zero-order valence-corrected chi connectivity index (χ0v) is 14.0. The minimum absolute atomic E-state index is 0.00414. The van der Waals surface area contributed by atoms with Crippen LogP contribution in [0.2, 0.25) is 0 Å². The summed E-state index contributed by atoms with van der Waals surface area (Å²) >= 11 is 3.28. The van der Waals surface area contributed by atoms with E-state index in [4.69, 9.17) is 4.74 Å². The molecule has 2 aromatic carbocycles. The topological polar surface area (TPSA) is 21.3 Å². The highest BCUT2D eigenvalue weighted by Gasteiger charge is 2.17. The van der Waals surface area contributed by atoms with Crippen molar-refractivity contribution in [2.45, 2.75) is 19.4 Å². The number of hydrogen-bond donors (Lipinski definition) is 1. The molecule has 0 aromatic heterocycles. The Morgan fingerprint density at radius 1 is 1.24 bits per heavy atom. The maximum absolute atomic E-state index is 14.0. The zero-order valence-electron chi connectivity index (χ0n) is 12.4. The van der Waals surface area contributed by atoms with Crippen molar-refractivity contribution in [3.8, 4) is 5.75 Å². The molecule has 0 aliphatic heterocycles. The van der Waals surface area contributed by atoms with Gasteiger partial charge in [0.25, 0.3) is 0 Å². The van der Waals surface area contributed by atoms with Gasteiger partial charge in [-0.15, -0.1) is 0 Å². The summed E-state index contributed by atoms with van der Waals surface area (Å²) < 4.78 is 20.2. The summed E-state index contributed by atoms with van der Waals surface area (Å²) in [4.78, 5) is 0. The number of likely N-dealkylation sites (N-methyl/N-ethyl adjacent to an activating group) is 1. The third-order valence-corrected chi connectivity index (χ3v) is 4.04. The van der Waals surface area contributed by atoms with Crippen LogP contribution in [-0.2, 0) is 6.42 Å². The van der Waals surface area contributed by atoms with Crippen molar-refractivity contribution in [3.63, 3.8) is 0 Å². The number of aryl methyl sites for hydroxylation is 1. The van der Waals surface area contributed by atoms with Gasteiger partial charge < -0.3 is 10.1 Å². The molecule has 0 aliphatic carbocycles. The fraction of sp³-hybridized carbons (Fsp3) is 0.294. The van der Waals surface area contributed by atoms with Gasteiger partial charge in [0.1, 0.15) is 11.6 Å². The summed E-state index contributed by atoms with van der Waals surface area (Å²) in [5, 5.41) is 3.25. The number of hydrogen-bond acceptors (Lipinski definition) is 2. The fourth-order valence-corrected chi connectivity index (χ4v) is 2.73. The summed E-state index contributed by atoms with van der Waals surface area (Å²) in [6, 6.07) is 11.2. The lowest BCUT2D eigenvalue weighted by Crippen LogP contribution is -2.20. The van der Waals surface area contributed by atoms with E-state index in [0.717, 1.165) is 21.3 Å². The lowest BCUT2D eigenvalue weighted by molar-refractivity contribution is 0.400. The summed E-state index contributed by atoms with van der Waals surface area (Å²) in [5.41, 5.74) is 2.88. The van der Waals surface area contributed by atoms with E-state index >= 15 is 0 Å². The first-order valence-corrected chi connectivity index (χ1v) is 7.60. The lowest BCUT2D eigenvalue weighted by atomic mass is 9.96. The van der Waals surface area contributed by atoms with E-state index in [1.54, 1.807) is 7.11 Å². The van der Waals surface area contributed by atoms with Crippen LogP contribution in [0.25, 0.3) is 0 Å². The van der Waals surface area contributed by atoms with Crippen molar-refractivity contribution in [1.82, 2.24) is 5.32 Å². The molecule has 4 heteroatoms. The number of methoxy groups -OCH3 is 1. The van der Waals surface area contributed by atoms with Gasteiger partial charge in [-0.05, 0) is 44.2 Å².